The molecule has 0 unspecified atom stereocenters. The van der Waals surface area contributed by atoms with Gasteiger partial charge in [0.1, 0.15) is 0 Å². The molecular formula is C10H10ClN3. The van der Waals surface area contributed by atoms with Gasteiger partial charge in [-0.05, 0) is 18.2 Å². The van der Waals surface area contributed by atoms with E-state index < -0.39 is 0 Å². The average molecular weight is 208 g/mol. The van der Waals surface area contributed by atoms with Gasteiger partial charge in [-0.25, -0.2) is 0 Å². The highest BCUT2D eigenvalue weighted by molar-refractivity contribution is 6.16. The third-order valence-corrected chi connectivity index (χ3v) is 2.34. The van der Waals surface area contributed by atoms with E-state index in [2.05, 4.69) is 10.1 Å². The molecule has 0 saturated carbocycles. The van der Waals surface area contributed by atoms with Crippen LogP contribution < -0.4 is 0 Å². The molecule has 0 saturated heterocycles. The summed E-state index contributed by atoms with van der Waals surface area (Å²) in [7, 11) is 1.89. The topological polar surface area (TPSA) is 30.7 Å². The number of halogens is 1. The molecule has 14 heavy (non-hydrogen) atoms. The normalized spacial score (nSPS) is 10.4. The number of rotatable bonds is 2. The maximum absolute atomic E-state index is 5.76. The fourth-order valence-corrected chi connectivity index (χ4v) is 1.54. The summed E-state index contributed by atoms with van der Waals surface area (Å²) < 4.78 is 1.79. The first-order valence-electron chi connectivity index (χ1n) is 4.30. The van der Waals surface area contributed by atoms with Gasteiger partial charge in [0, 0.05) is 25.0 Å². The third kappa shape index (κ3) is 1.63. The Morgan fingerprint density at radius 3 is 2.93 bits per heavy atom. The maximum Gasteiger partial charge on any atom is 0.0941 e. The molecule has 0 radical (unpaired) electrons. The molecule has 0 atom stereocenters. The van der Waals surface area contributed by atoms with Crippen molar-refractivity contribution in [3.8, 4) is 11.3 Å². The molecule has 0 amide bonds. The largest absolute Gasteiger partial charge is 0.271 e. The van der Waals surface area contributed by atoms with Gasteiger partial charge in [0.2, 0.25) is 0 Å². The second-order valence-corrected chi connectivity index (χ2v) is 3.29. The minimum Gasteiger partial charge on any atom is -0.271 e. The first kappa shape index (κ1) is 9.21. The maximum atomic E-state index is 5.76. The molecule has 2 heterocycles. The SMILES string of the molecule is Cn1nc(-c2cccnc2)cc1CCl. The van der Waals surface area contributed by atoms with E-state index in [0.29, 0.717) is 5.88 Å². The summed E-state index contributed by atoms with van der Waals surface area (Å²) in [6, 6.07) is 5.85. The van der Waals surface area contributed by atoms with Gasteiger partial charge in [-0.2, -0.15) is 5.10 Å². The minimum absolute atomic E-state index is 0.476. The summed E-state index contributed by atoms with van der Waals surface area (Å²) >= 11 is 5.76. The van der Waals surface area contributed by atoms with Crippen molar-refractivity contribution < 1.29 is 0 Å². The second kappa shape index (κ2) is 3.80. The molecule has 0 N–H and O–H groups in total. The van der Waals surface area contributed by atoms with E-state index in [4.69, 9.17) is 11.6 Å². The number of aromatic nitrogens is 3. The lowest BCUT2D eigenvalue weighted by atomic mass is 10.2. The van der Waals surface area contributed by atoms with Gasteiger partial charge in [0.05, 0.1) is 17.3 Å². The Morgan fingerprint density at radius 1 is 1.50 bits per heavy atom. The van der Waals surface area contributed by atoms with E-state index >= 15 is 0 Å². The lowest BCUT2D eigenvalue weighted by Gasteiger charge is -1.93. The van der Waals surface area contributed by atoms with E-state index in [-0.39, 0.29) is 0 Å². The summed E-state index contributed by atoms with van der Waals surface area (Å²) in [5, 5.41) is 4.34. The highest BCUT2D eigenvalue weighted by Gasteiger charge is 2.05. The lowest BCUT2D eigenvalue weighted by Crippen LogP contribution is -1.94. The van der Waals surface area contributed by atoms with Crippen LogP contribution in [0, 0.1) is 0 Å². The average Bonchev–Trinajstić information content (AvgIpc) is 2.61. The molecule has 2 aromatic heterocycles. The number of alkyl halides is 1. The standard InChI is InChI=1S/C10H10ClN3/c1-14-9(6-11)5-10(13-14)8-3-2-4-12-7-8/h2-5,7H,6H2,1H3. The van der Waals surface area contributed by atoms with Crippen LogP contribution in [0.5, 0.6) is 0 Å². The zero-order valence-electron chi connectivity index (χ0n) is 7.81. The Kier molecular flexibility index (Phi) is 2.50. The van der Waals surface area contributed by atoms with Gasteiger partial charge < -0.3 is 0 Å². The predicted molar refractivity (Wildman–Crippen MR) is 56.0 cm³/mol. The molecule has 0 aliphatic carbocycles. The Hall–Kier alpha value is -1.35. The molecule has 0 fully saturated rings. The molecule has 2 aromatic rings. The van der Waals surface area contributed by atoms with E-state index in [1.54, 1.807) is 17.1 Å². The molecule has 0 aliphatic rings. The van der Waals surface area contributed by atoms with Gasteiger partial charge >= 0.3 is 0 Å². The molecule has 0 spiro atoms. The Labute approximate surface area is 87.3 Å². The van der Waals surface area contributed by atoms with Gasteiger partial charge in [-0.3, -0.25) is 9.67 Å². The third-order valence-electron chi connectivity index (χ3n) is 2.07. The first-order chi connectivity index (χ1) is 6.81. The molecule has 0 bridgehead atoms. The van der Waals surface area contributed by atoms with Crippen LogP contribution in [-0.4, -0.2) is 14.8 Å². The number of hydrogen-bond donors (Lipinski definition) is 0. The summed E-state index contributed by atoms with van der Waals surface area (Å²) in [6.07, 6.45) is 3.54. The van der Waals surface area contributed by atoms with Crippen LogP contribution >= 0.6 is 11.6 Å². The zero-order valence-corrected chi connectivity index (χ0v) is 8.57. The Morgan fingerprint density at radius 2 is 2.36 bits per heavy atom. The van der Waals surface area contributed by atoms with Gasteiger partial charge in [-0.15, -0.1) is 11.6 Å². The van der Waals surface area contributed by atoms with E-state index in [9.17, 15) is 0 Å². The van der Waals surface area contributed by atoms with Crippen LogP contribution in [0.2, 0.25) is 0 Å². The van der Waals surface area contributed by atoms with Crippen molar-refractivity contribution in [1.29, 1.82) is 0 Å². The van der Waals surface area contributed by atoms with Crippen molar-refractivity contribution in [1.82, 2.24) is 14.8 Å². The van der Waals surface area contributed by atoms with Crippen molar-refractivity contribution in [2.75, 3.05) is 0 Å². The molecule has 0 aliphatic heterocycles. The fraction of sp³-hybridized carbons (Fsp3) is 0.200. The number of aryl methyl sites for hydroxylation is 1. The minimum atomic E-state index is 0.476. The second-order valence-electron chi connectivity index (χ2n) is 3.02. The Bertz CT molecular complexity index is 422. The van der Waals surface area contributed by atoms with Crippen molar-refractivity contribution in [2.24, 2.45) is 7.05 Å². The highest BCUT2D eigenvalue weighted by Crippen LogP contribution is 2.17. The summed E-state index contributed by atoms with van der Waals surface area (Å²) in [6.45, 7) is 0. The number of pyridine rings is 1. The smallest absolute Gasteiger partial charge is 0.0941 e. The van der Waals surface area contributed by atoms with Crippen LogP contribution in [0.4, 0.5) is 0 Å². The Balaban J connectivity index is 2.43. The monoisotopic (exact) mass is 207 g/mol. The van der Waals surface area contributed by atoms with Crippen molar-refractivity contribution in [3.63, 3.8) is 0 Å². The number of hydrogen-bond acceptors (Lipinski definition) is 2. The van der Waals surface area contributed by atoms with Gasteiger partial charge in [-0.1, -0.05) is 0 Å². The predicted octanol–water partition coefficient (Wildman–Crippen LogP) is 2.22. The van der Waals surface area contributed by atoms with Crippen LogP contribution in [0.15, 0.2) is 30.6 Å². The number of nitrogens with zero attached hydrogens (tertiary/aromatic N) is 3. The van der Waals surface area contributed by atoms with Gasteiger partial charge in [0.15, 0.2) is 0 Å². The van der Waals surface area contributed by atoms with Crippen LogP contribution in [0.3, 0.4) is 0 Å². The molecule has 72 valence electrons. The van der Waals surface area contributed by atoms with Crippen LogP contribution in [-0.2, 0) is 12.9 Å². The molecule has 0 aromatic carbocycles. The van der Waals surface area contributed by atoms with E-state index in [1.807, 2.05) is 25.2 Å². The van der Waals surface area contributed by atoms with E-state index in [1.165, 1.54) is 0 Å². The van der Waals surface area contributed by atoms with Crippen molar-refractivity contribution >= 4 is 11.6 Å². The summed E-state index contributed by atoms with van der Waals surface area (Å²) in [5.74, 6) is 0.476. The van der Waals surface area contributed by atoms with Crippen LogP contribution in [0.1, 0.15) is 5.69 Å². The molecule has 2 rings (SSSR count). The summed E-state index contributed by atoms with van der Waals surface area (Å²) in [5.41, 5.74) is 2.93. The van der Waals surface area contributed by atoms with Crippen molar-refractivity contribution in [2.45, 2.75) is 5.88 Å². The molecule has 3 nitrogen and oxygen atoms in total. The molecule has 4 heteroatoms. The zero-order chi connectivity index (χ0) is 9.97. The first-order valence-corrected chi connectivity index (χ1v) is 4.84. The fourth-order valence-electron chi connectivity index (χ4n) is 1.29. The lowest BCUT2D eigenvalue weighted by molar-refractivity contribution is 0.737. The summed E-state index contributed by atoms with van der Waals surface area (Å²) in [4.78, 5) is 4.04. The quantitative estimate of drug-likeness (QED) is 0.707. The molecular weight excluding hydrogens is 198 g/mol. The highest BCUT2D eigenvalue weighted by atomic mass is 35.5. The van der Waals surface area contributed by atoms with Crippen LogP contribution in [0.25, 0.3) is 11.3 Å². The van der Waals surface area contributed by atoms with Crippen molar-refractivity contribution in [3.05, 3.63) is 36.3 Å². The van der Waals surface area contributed by atoms with E-state index in [0.717, 1.165) is 17.0 Å². The van der Waals surface area contributed by atoms with Gasteiger partial charge in [0.25, 0.3) is 0 Å².